The average Bonchev–Trinajstić information content (AvgIpc) is 2.69. The van der Waals surface area contributed by atoms with Gasteiger partial charge in [-0.1, -0.05) is 35.9 Å². The van der Waals surface area contributed by atoms with Crippen LogP contribution in [0.3, 0.4) is 0 Å². The lowest BCUT2D eigenvalue weighted by atomic mass is 10.1. The number of ether oxygens (including phenoxy) is 1. The molecule has 0 saturated heterocycles. The van der Waals surface area contributed by atoms with Crippen molar-refractivity contribution in [2.24, 2.45) is 4.99 Å². The van der Waals surface area contributed by atoms with Crippen LogP contribution in [0.1, 0.15) is 22.5 Å². The van der Waals surface area contributed by atoms with Gasteiger partial charge < -0.3 is 9.64 Å². The van der Waals surface area contributed by atoms with Crippen LogP contribution in [0.4, 0.5) is 5.82 Å². The van der Waals surface area contributed by atoms with Crippen LogP contribution >= 0.6 is 0 Å². The number of anilines is 1. The Balaban J connectivity index is 1.66. The number of aryl methyl sites for hydroxylation is 1. The Morgan fingerprint density at radius 1 is 1.04 bits per heavy atom. The maximum absolute atomic E-state index is 5.78. The molecule has 0 fully saturated rings. The molecule has 2 aromatic heterocycles. The molecule has 0 bridgehead atoms. The zero-order chi connectivity index (χ0) is 19.8. The Hall–Kier alpha value is -3.28. The second-order valence-electron chi connectivity index (χ2n) is 6.70. The van der Waals surface area contributed by atoms with Gasteiger partial charge in [-0.3, -0.25) is 9.98 Å². The van der Waals surface area contributed by atoms with Crippen LogP contribution in [0.15, 0.2) is 59.7 Å². The van der Waals surface area contributed by atoms with E-state index in [4.69, 9.17) is 4.74 Å². The first-order chi connectivity index (χ1) is 13.6. The second kappa shape index (κ2) is 9.60. The van der Waals surface area contributed by atoms with Gasteiger partial charge in [0.1, 0.15) is 5.82 Å². The van der Waals surface area contributed by atoms with Crippen LogP contribution in [0.2, 0.25) is 0 Å². The topological polar surface area (TPSA) is 63.5 Å². The number of nitrogens with zero attached hydrogens (tertiary/aromatic N) is 5. The Kier molecular flexibility index (Phi) is 6.68. The van der Waals surface area contributed by atoms with Crippen molar-refractivity contribution in [3.8, 4) is 6.01 Å². The van der Waals surface area contributed by atoms with Gasteiger partial charge in [-0.25, -0.2) is 0 Å². The summed E-state index contributed by atoms with van der Waals surface area (Å²) in [4.78, 5) is 19.7. The normalized spacial score (nSPS) is 11.0. The quantitative estimate of drug-likeness (QED) is 0.564. The van der Waals surface area contributed by atoms with Gasteiger partial charge in [-0.15, -0.1) is 0 Å². The van der Waals surface area contributed by atoms with Crippen LogP contribution in [0, 0.1) is 6.92 Å². The van der Waals surface area contributed by atoms with Gasteiger partial charge in [-0.2, -0.15) is 9.97 Å². The molecule has 28 heavy (non-hydrogen) atoms. The summed E-state index contributed by atoms with van der Waals surface area (Å²) in [5.74, 6) is 0.795. The van der Waals surface area contributed by atoms with E-state index >= 15 is 0 Å². The third-order valence-corrected chi connectivity index (χ3v) is 4.05. The molecular formula is C22H25N5O. The van der Waals surface area contributed by atoms with Crippen molar-refractivity contribution < 1.29 is 4.74 Å². The van der Waals surface area contributed by atoms with E-state index in [0.717, 1.165) is 22.8 Å². The Labute approximate surface area is 166 Å². The molecule has 6 nitrogen and oxygen atoms in total. The molecule has 3 aromatic rings. The molecule has 2 heterocycles. The van der Waals surface area contributed by atoms with Crippen molar-refractivity contribution in [1.29, 1.82) is 0 Å². The standard InChI is InChI=1S/C22H25N5O/c1-17-7-6-8-18(13-17)15-23-16-20-14-21(27(2)3)26-22(25-20)28-12-10-19-9-4-5-11-24-19/h4-9,11,13-15H,10,12,16H2,1-3H3. The van der Waals surface area contributed by atoms with Crippen molar-refractivity contribution in [3.05, 3.63) is 77.2 Å². The molecule has 1 aromatic carbocycles. The summed E-state index contributed by atoms with van der Waals surface area (Å²) in [6.45, 7) is 3.01. The molecule has 6 heteroatoms. The highest BCUT2D eigenvalue weighted by atomic mass is 16.5. The van der Waals surface area contributed by atoms with Gasteiger partial charge >= 0.3 is 6.01 Å². The summed E-state index contributed by atoms with van der Waals surface area (Å²) >= 11 is 0. The summed E-state index contributed by atoms with van der Waals surface area (Å²) in [6, 6.07) is 16.4. The number of hydrogen-bond donors (Lipinski definition) is 0. The van der Waals surface area contributed by atoms with Crippen LogP contribution in [-0.4, -0.2) is 41.9 Å². The third-order valence-electron chi connectivity index (χ3n) is 4.05. The third kappa shape index (κ3) is 5.87. The van der Waals surface area contributed by atoms with E-state index in [1.54, 1.807) is 6.20 Å². The van der Waals surface area contributed by atoms with E-state index in [0.29, 0.717) is 25.6 Å². The molecule has 0 aliphatic rings. The van der Waals surface area contributed by atoms with Crippen LogP contribution < -0.4 is 9.64 Å². The van der Waals surface area contributed by atoms with Crippen molar-refractivity contribution in [3.63, 3.8) is 0 Å². The van der Waals surface area contributed by atoms with Gasteiger partial charge in [0.15, 0.2) is 0 Å². The van der Waals surface area contributed by atoms with Crippen molar-refractivity contribution in [2.75, 3.05) is 25.6 Å². The largest absolute Gasteiger partial charge is 0.463 e. The number of pyridine rings is 1. The minimum Gasteiger partial charge on any atom is -0.463 e. The molecule has 0 aliphatic carbocycles. The maximum Gasteiger partial charge on any atom is 0.318 e. The number of benzene rings is 1. The van der Waals surface area contributed by atoms with Gasteiger partial charge in [0, 0.05) is 44.7 Å². The van der Waals surface area contributed by atoms with Crippen LogP contribution in [0.5, 0.6) is 6.01 Å². The lowest BCUT2D eigenvalue weighted by Gasteiger charge is -2.13. The van der Waals surface area contributed by atoms with Crippen molar-refractivity contribution >= 4 is 12.0 Å². The number of aromatic nitrogens is 3. The molecule has 0 radical (unpaired) electrons. The molecule has 144 valence electrons. The van der Waals surface area contributed by atoms with Crippen LogP contribution in [0.25, 0.3) is 0 Å². The van der Waals surface area contributed by atoms with Crippen molar-refractivity contribution in [2.45, 2.75) is 19.9 Å². The molecule has 0 N–H and O–H groups in total. The molecular weight excluding hydrogens is 350 g/mol. The van der Waals surface area contributed by atoms with Gasteiger partial charge in [0.2, 0.25) is 0 Å². The fraction of sp³-hybridized carbons (Fsp3) is 0.273. The van der Waals surface area contributed by atoms with E-state index in [1.807, 2.05) is 61.6 Å². The minimum atomic E-state index is 0.364. The van der Waals surface area contributed by atoms with E-state index in [2.05, 4.69) is 39.0 Å². The summed E-state index contributed by atoms with van der Waals surface area (Å²) < 4.78 is 5.78. The van der Waals surface area contributed by atoms with E-state index in [1.165, 1.54) is 5.56 Å². The molecule has 0 unspecified atom stereocenters. The zero-order valence-corrected chi connectivity index (χ0v) is 16.5. The highest BCUT2D eigenvalue weighted by molar-refractivity contribution is 5.79. The molecule has 0 spiro atoms. The first-order valence-electron chi connectivity index (χ1n) is 9.24. The zero-order valence-electron chi connectivity index (χ0n) is 16.5. The number of rotatable bonds is 8. The minimum absolute atomic E-state index is 0.364. The lowest BCUT2D eigenvalue weighted by molar-refractivity contribution is 0.294. The number of hydrogen-bond acceptors (Lipinski definition) is 6. The maximum atomic E-state index is 5.78. The van der Waals surface area contributed by atoms with Gasteiger partial charge in [0.05, 0.1) is 18.8 Å². The Morgan fingerprint density at radius 2 is 1.93 bits per heavy atom. The van der Waals surface area contributed by atoms with E-state index in [-0.39, 0.29) is 0 Å². The SMILES string of the molecule is Cc1cccc(C=NCc2cc(N(C)C)nc(OCCc3ccccn3)n2)c1. The fourth-order valence-electron chi connectivity index (χ4n) is 2.62. The Bertz CT molecular complexity index is 925. The predicted molar refractivity (Wildman–Crippen MR) is 112 cm³/mol. The highest BCUT2D eigenvalue weighted by Crippen LogP contribution is 2.15. The summed E-state index contributed by atoms with van der Waals surface area (Å²) in [5, 5.41) is 0. The monoisotopic (exact) mass is 375 g/mol. The van der Waals surface area contributed by atoms with Gasteiger partial charge in [0.25, 0.3) is 0 Å². The first-order valence-corrected chi connectivity index (χ1v) is 9.24. The molecule has 0 saturated carbocycles. The van der Waals surface area contributed by atoms with E-state index < -0.39 is 0 Å². The predicted octanol–water partition coefficient (Wildman–Crippen LogP) is 3.49. The van der Waals surface area contributed by atoms with Gasteiger partial charge in [-0.05, 0) is 24.6 Å². The first kappa shape index (κ1) is 19.5. The molecule has 0 aliphatic heterocycles. The number of aliphatic imine (C=N–C) groups is 1. The highest BCUT2D eigenvalue weighted by Gasteiger charge is 2.07. The second-order valence-corrected chi connectivity index (χ2v) is 6.70. The van der Waals surface area contributed by atoms with Crippen LogP contribution in [-0.2, 0) is 13.0 Å². The lowest BCUT2D eigenvalue weighted by Crippen LogP contribution is -2.14. The summed E-state index contributed by atoms with van der Waals surface area (Å²) in [5.41, 5.74) is 4.09. The molecule has 0 atom stereocenters. The van der Waals surface area contributed by atoms with E-state index in [9.17, 15) is 0 Å². The fourth-order valence-corrected chi connectivity index (χ4v) is 2.62. The Morgan fingerprint density at radius 3 is 2.68 bits per heavy atom. The van der Waals surface area contributed by atoms with Crippen molar-refractivity contribution in [1.82, 2.24) is 15.0 Å². The summed E-state index contributed by atoms with van der Waals surface area (Å²) in [6.07, 6.45) is 4.35. The molecule has 0 amide bonds. The smallest absolute Gasteiger partial charge is 0.318 e. The molecule has 3 rings (SSSR count). The average molecular weight is 375 g/mol. The summed E-state index contributed by atoms with van der Waals surface area (Å²) in [7, 11) is 3.89.